The number of nitrogens with zero attached hydrogens (tertiary/aromatic N) is 1. The summed E-state index contributed by atoms with van der Waals surface area (Å²) in [5.74, 6) is -0.978. The summed E-state index contributed by atoms with van der Waals surface area (Å²) in [5, 5.41) is 9.24. The fourth-order valence-corrected chi connectivity index (χ4v) is 3.94. The lowest BCUT2D eigenvalue weighted by molar-refractivity contribution is -0.142. The summed E-state index contributed by atoms with van der Waals surface area (Å²) in [6, 6.07) is 0. The van der Waals surface area contributed by atoms with Gasteiger partial charge in [-0.15, -0.1) is 0 Å². The molecule has 1 aliphatic heterocycles. The van der Waals surface area contributed by atoms with Gasteiger partial charge in [0.2, 0.25) is 5.91 Å². The molecule has 0 bridgehead atoms. The molecule has 1 N–H and O–H groups in total. The van der Waals surface area contributed by atoms with Gasteiger partial charge in [-0.2, -0.15) is 0 Å². The third-order valence-electron chi connectivity index (χ3n) is 5.62. The first kappa shape index (κ1) is 16.3. The number of amides is 1. The van der Waals surface area contributed by atoms with Crippen molar-refractivity contribution >= 4 is 11.9 Å². The lowest BCUT2D eigenvalue weighted by atomic mass is 9.77. The van der Waals surface area contributed by atoms with Gasteiger partial charge in [-0.05, 0) is 36.0 Å². The van der Waals surface area contributed by atoms with E-state index in [1.165, 1.54) is 0 Å². The molecule has 1 aliphatic carbocycles. The molecule has 0 radical (unpaired) electrons. The normalized spacial score (nSPS) is 32.4. The molecule has 4 heteroatoms. The maximum atomic E-state index is 12.7. The smallest absolute Gasteiger partial charge is 0.307 e. The van der Waals surface area contributed by atoms with Gasteiger partial charge in [-0.1, -0.05) is 34.6 Å². The van der Waals surface area contributed by atoms with Crippen molar-refractivity contribution in [3.63, 3.8) is 0 Å². The third kappa shape index (κ3) is 3.09. The second-order valence-corrected chi connectivity index (χ2v) is 8.43. The van der Waals surface area contributed by atoms with E-state index < -0.39 is 17.3 Å². The van der Waals surface area contributed by atoms with Crippen molar-refractivity contribution in [1.82, 2.24) is 4.90 Å². The molecule has 1 amide bonds. The predicted molar refractivity (Wildman–Crippen MR) is 81.8 cm³/mol. The highest BCUT2D eigenvalue weighted by Gasteiger charge is 2.66. The average Bonchev–Trinajstić information content (AvgIpc) is 2.98. The molecule has 3 atom stereocenters. The van der Waals surface area contributed by atoms with E-state index in [0.717, 1.165) is 32.4 Å². The van der Waals surface area contributed by atoms with Gasteiger partial charge in [0.05, 0.1) is 11.8 Å². The Bertz CT molecular complexity index is 436. The number of hydrogen-bond acceptors (Lipinski definition) is 2. The number of aliphatic carboxylic acids is 1. The van der Waals surface area contributed by atoms with Crippen LogP contribution in [0.5, 0.6) is 0 Å². The van der Waals surface area contributed by atoms with Crippen LogP contribution in [0.4, 0.5) is 0 Å². The maximum Gasteiger partial charge on any atom is 0.307 e. The second-order valence-electron chi connectivity index (χ2n) is 8.43. The molecular weight excluding hydrogens is 266 g/mol. The summed E-state index contributed by atoms with van der Waals surface area (Å²) in [6.45, 7) is 12.1. The number of hydrogen-bond donors (Lipinski definition) is 1. The Labute approximate surface area is 127 Å². The molecule has 21 heavy (non-hydrogen) atoms. The van der Waals surface area contributed by atoms with Crippen molar-refractivity contribution in [3.05, 3.63) is 0 Å². The van der Waals surface area contributed by atoms with E-state index >= 15 is 0 Å². The van der Waals surface area contributed by atoms with Crippen LogP contribution in [0.2, 0.25) is 0 Å². The zero-order chi connectivity index (χ0) is 16.0. The highest BCUT2D eigenvalue weighted by molar-refractivity contribution is 5.91. The van der Waals surface area contributed by atoms with Crippen LogP contribution in [-0.2, 0) is 9.59 Å². The Morgan fingerprint density at radius 1 is 1.10 bits per heavy atom. The number of rotatable bonds is 2. The van der Waals surface area contributed by atoms with Gasteiger partial charge in [-0.25, -0.2) is 0 Å². The monoisotopic (exact) mass is 295 g/mol. The summed E-state index contributed by atoms with van der Waals surface area (Å²) in [4.78, 5) is 25.8. The van der Waals surface area contributed by atoms with Crippen LogP contribution in [0.1, 0.15) is 53.9 Å². The number of carboxylic acids is 1. The van der Waals surface area contributed by atoms with Gasteiger partial charge in [0.25, 0.3) is 0 Å². The molecule has 1 saturated heterocycles. The van der Waals surface area contributed by atoms with Crippen molar-refractivity contribution in [2.75, 3.05) is 13.1 Å². The Balaban J connectivity index is 2.01. The predicted octanol–water partition coefficient (Wildman–Crippen LogP) is 3.02. The minimum absolute atomic E-state index is 0.0574. The topological polar surface area (TPSA) is 57.6 Å². The van der Waals surface area contributed by atoms with E-state index in [4.69, 9.17) is 0 Å². The van der Waals surface area contributed by atoms with Crippen molar-refractivity contribution in [1.29, 1.82) is 0 Å². The summed E-state index contributed by atoms with van der Waals surface area (Å²) in [6.07, 6.45) is 3.21. The highest BCUT2D eigenvalue weighted by Crippen LogP contribution is 2.59. The zero-order valence-corrected chi connectivity index (χ0v) is 14.0. The zero-order valence-electron chi connectivity index (χ0n) is 14.0. The fraction of sp³-hybridized carbons (Fsp3) is 0.882. The van der Waals surface area contributed by atoms with Crippen molar-refractivity contribution in [2.45, 2.75) is 53.9 Å². The first-order valence-electron chi connectivity index (χ1n) is 8.08. The summed E-state index contributed by atoms with van der Waals surface area (Å²) < 4.78 is 0. The van der Waals surface area contributed by atoms with Crippen LogP contribution in [0.25, 0.3) is 0 Å². The molecule has 3 unspecified atom stereocenters. The molecule has 2 fully saturated rings. The third-order valence-corrected chi connectivity index (χ3v) is 5.62. The maximum absolute atomic E-state index is 12.7. The quantitative estimate of drug-likeness (QED) is 0.852. The van der Waals surface area contributed by atoms with Gasteiger partial charge >= 0.3 is 5.97 Å². The Kier molecular flexibility index (Phi) is 4.11. The molecule has 4 nitrogen and oxygen atoms in total. The standard InChI is InChI=1S/C17H29NO3/c1-16(2,3)11-7-6-9-18(10-8-11)14(19)12-13(15(20)21)17(12,4)5/h11-13H,6-10H2,1-5H3,(H,20,21). The van der Waals surface area contributed by atoms with Gasteiger partial charge < -0.3 is 10.0 Å². The molecular formula is C17H29NO3. The molecule has 120 valence electrons. The van der Waals surface area contributed by atoms with E-state index in [0.29, 0.717) is 5.92 Å². The Morgan fingerprint density at radius 3 is 2.19 bits per heavy atom. The van der Waals surface area contributed by atoms with E-state index in [1.807, 2.05) is 18.7 Å². The number of carbonyl (C=O) groups is 2. The molecule has 0 aromatic carbocycles. The molecule has 1 saturated carbocycles. The summed E-state index contributed by atoms with van der Waals surface area (Å²) in [5.41, 5.74) is -0.111. The minimum atomic E-state index is -0.833. The Morgan fingerprint density at radius 2 is 1.71 bits per heavy atom. The largest absolute Gasteiger partial charge is 0.481 e. The SMILES string of the molecule is CC(C)(C)C1CCCN(C(=O)C2C(C(=O)O)C2(C)C)CC1. The first-order valence-corrected chi connectivity index (χ1v) is 8.08. The van der Waals surface area contributed by atoms with Crippen LogP contribution in [0.3, 0.4) is 0 Å². The van der Waals surface area contributed by atoms with E-state index in [-0.39, 0.29) is 17.2 Å². The van der Waals surface area contributed by atoms with Crippen molar-refractivity contribution in [3.8, 4) is 0 Å². The van der Waals surface area contributed by atoms with Gasteiger partial charge in [0.1, 0.15) is 0 Å². The lowest BCUT2D eigenvalue weighted by Gasteiger charge is -2.29. The lowest BCUT2D eigenvalue weighted by Crippen LogP contribution is -2.35. The van der Waals surface area contributed by atoms with E-state index in [2.05, 4.69) is 20.8 Å². The molecule has 0 aromatic heterocycles. The number of carboxylic acid groups (broad SMARTS) is 1. The van der Waals surface area contributed by atoms with Gasteiger partial charge in [0.15, 0.2) is 0 Å². The highest BCUT2D eigenvalue weighted by atomic mass is 16.4. The van der Waals surface area contributed by atoms with Crippen LogP contribution in [0, 0.1) is 28.6 Å². The molecule has 1 heterocycles. The van der Waals surface area contributed by atoms with Crippen LogP contribution in [-0.4, -0.2) is 35.0 Å². The molecule has 2 rings (SSSR count). The van der Waals surface area contributed by atoms with E-state index in [9.17, 15) is 14.7 Å². The second kappa shape index (κ2) is 5.29. The number of likely N-dealkylation sites (tertiary alicyclic amines) is 1. The van der Waals surface area contributed by atoms with Crippen LogP contribution >= 0.6 is 0 Å². The number of carbonyl (C=O) groups excluding carboxylic acids is 1. The van der Waals surface area contributed by atoms with Crippen LogP contribution < -0.4 is 0 Å². The fourth-order valence-electron chi connectivity index (χ4n) is 3.94. The van der Waals surface area contributed by atoms with Crippen molar-refractivity contribution in [2.24, 2.45) is 28.6 Å². The van der Waals surface area contributed by atoms with E-state index in [1.54, 1.807) is 0 Å². The molecule has 2 aliphatic rings. The first-order chi connectivity index (χ1) is 9.56. The van der Waals surface area contributed by atoms with Gasteiger partial charge in [0, 0.05) is 13.1 Å². The molecule has 0 aromatic rings. The van der Waals surface area contributed by atoms with Gasteiger partial charge in [-0.3, -0.25) is 9.59 Å². The van der Waals surface area contributed by atoms with Crippen molar-refractivity contribution < 1.29 is 14.7 Å². The minimum Gasteiger partial charge on any atom is -0.481 e. The average molecular weight is 295 g/mol. The summed E-state index contributed by atoms with van der Waals surface area (Å²) in [7, 11) is 0. The Hall–Kier alpha value is -1.06. The van der Waals surface area contributed by atoms with Crippen LogP contribution in [0.15, 0.2) is 0 Å². The summed E-state index contributed by atoms with van der Waals surface area (Å²) >= 11 is 0. The molecule has 0 spiro atoms.